The van der Waals surface area contributed by atoms with Gasteiger partial charge in [-0.05, 0) is 76.4 Å². The van der Waals surface area contributed by atoms with E-state index in [1.165, 1.54) is 6.07 Å². The molecule has 2 amide bonds. The predicted octanol–water partition coefficient (Wildman–Crippen LogP) is 4.74. The molecule has 2 N–H and O–H groups in total. The summed E-state index contributed by atoms with van der Waals surface area (Å²) in [5.74, 6) is 0.834. The van der Waals surface area contributed by atoms with E-state index in [9.17, 15) is 14.0 Å². The highest BCUT2D eigenvalue weighted by molar-refractivity contribution is 5.98. The van der Waals surface area contributed by atoms with E-state index in [4.69, 9.17) is 9.47 Å². The van der Waals surface area contributed by atoms with Crippen molar-refractivity contribution in [2.75, 3.05) is 33.2 Å². The van der Waals surface area contributed by atoms with Crippen LogP contribution in [0.1, 0.15) is 66.7 Å². The van der Waals surface area contributed by atoms with Gasteiger partial charge in [0.05, 0.1) is 18.7 Å². The van der Waals surface area contributed by atoms with Gasteiger partial charge in [0.1, 0.15) is 29.1 Å². The summed E-state index contributed by atoms with van der Waals surface area (Å²) in [5, 5.41) is 9.77. The number of amides is 2. The summed E-state index contributed by atoms with van der Waals surface area (Å²) in [4.78, 5) is 32.3. The lowest BCUT2D eigenvalue weighted by Gasteiger charge is -2.30. The fourth-order valence-corrected chi connectivity index (χ4v) is 4.84. The molecule has 0 aliphatic carbocycles. The van der Waals surface area contributed by atoms with Crippen molar-refractivity contribution in [3.8, 4) is 17.1 Å². The zero-order valence-corrected chi connectivity index (χ0v) is 25.6. The van der Waals surface area contributed by atoms with Gasteiger partial charge in [-0.25, -0.2) is 9.37 Å². The number of rotatable bonds is 7. The lowest BCUT2D eigenvalue weighted by molar-refractivity contribution is -0.458. The van der Waals surface area contributed by atoms with E-state index in [0.717, 1.165) is 11.3 Å². The number of hydrogen-bond acceptors (Lipinski definition) is 7. The van der Waals surface area contributed by atoms with Crippen LogP contribution in [-0.2, 0) is 4.74 Å². The van der Waals surface area contributed by atoms with Gasteiger partial charge in [0, 0.05) is 26.1 Å². The monoisotopic (exact) mass is 579 g/mol. The van der Waals surface area contributed by atoms with Gasteiger partial charge in [-0.3, -0.25) is 14.8 Å². The number of H-pyrrole nitrogens is 1. The largest absolute Gasteiger partial charge is 0.596 e. The number of carbonyl (C=O) groups is 2. The standard InChI is InChI=1S/C31H39FN6O4/c1-18-9-10-22(14-25(18)32)27(17-37-11-12-38(20(3)16-37)30(40)42-31(5,6)7)41-26-13-19(2)23(15-24(26)29(39)33-8)28-34-21(4)35-36-28/h9-10,13-15,27H,11-12,16-17H2,1-8H3,(H-,33,34,35,36,39)/p+1/t27-/m1/s1. The average molecular weight is 580 g/mol. The van der Waals surface area contributed by atoms with Crippen LogP contribution in [0.15, 0.2) is 30.3 Å². The normalized spacial score (nSPS) is 15.0. The Labute approximate surface area is 245 Å². The number of carbonyl (C=O) groups excluding carboxylic acids is 2. The van der Waals surface area contributed by atoms with E-state index >= 15 is 0 Å². The summed E-state index contributed by atoms with van der Waals surface area (Å²) in [5.41, 5.74) is 3.26. The van der Waals surface area contributed by atoms with Gasteiger partial charge >= 0.3 is 6.09 Å². The molecular weight excluding hydrogens is 539 g/mol. The van der Waals surface area contributed by atoms with Gasteiger partial charge in [-0.1, -0.05) is 12.1 Å². The van der Waals surface area contributed by atoms with E-state index in [1.807, 2.05) is 40.7 Å². The highest BCUT2D eigenvalue weighted by Gasteiger charge is 2.34. The molecule has 0 saturated heterocycles. The van der Waals surface area contributed by atoms with Crippen molar-refractivity contribution in [3.05, 3.63) is 64.2 Å². The number of nitrogens with zero attached hydrogens (tertiary/aromatic N) is 4. The molecule has 2 heterocycles. The van der Waals surface area contributed by atoms with Crippen molar-refractivity contribution in [2.24, 2.45) is 0 Å². The molecule has 1 aromatic heterocycles. The zero-order chi connectivity index (χ0) is 30.8. The van der Waals surface area contributed by atoms with E-state index in [2.05, 4.69) is 25.4 Å². The highest BCUT2D eigenvalue weighted by atomic mass is 19.1. The Bertz CT molecular complexity index is 1520. The Kier molecular flexibility index (Phi) is 9.10. The van der Waals surface area contributed by atoms with Crippen molar-refractivity contribution in [1.29, 1.82) is 0 Å². The van der Waals surface area contributed by atoms with Gasteiger partial charge in [-0.2, -0.15) is 9.89 Å². The highest BCUT2D eigenvalue weighted by Crippen LogP contribution is 2.33. The van der Waals surface area contributed by atoms with E-state index in [1.54, 1.807) is 43.7 Å². The van der Waals surface area contributed by atoms with Gasteiger partial charge in [0.25, 0.3) is 5.91 Å². The maximum atomic E-state index is 14.8. The predicted molar refractivity (Wildman–Crippen MR) is 158 cm³/mol. The van der Waals surface area contributed by atoms with E-state index in [-0.39, 0.29) is 17.8 Å². The first kappa shape index (κ1) is 30.8. The Morgan fingerprint density at radius 3 is 2.48 bits per heavy atom. The van der Waals surface area contributed by atoms with Gasteiger partial charge in [-0.15, -0.1) is 4.58 Å². The maximum Gasteiger partial charge on any atom is 0.596 e. The minimum absolute atomic E-state index is 0.315. The molecular formula is C31H40FN6O4+. The summed E-state index contributed by atoms with van der Waals surface area (Å²) in [7, 11) is 1.55. The molecule has 4 rings (SSSR count). The molecule has 1 atom stereocenters. The number of aryl methyl sites for hydroxylation is 3. The number of hydrogen-bond donors (Lipinski definition) is 2. The molecule has 11 heteroatoms. The van der Waals surface area contributed by atoms with Crippen LogP contribution in [0.4, 0.5) is 9.18 Å². The van der Waals surface area contributed by atoms with Crippen LogP contribution in [-0.4, -0.2) is 81.2 Å². The molecule has 0 fully saturated rings. The van der Waals surface area contributed by atoms with Gasteiger partial charge in [0.2, 0.25) is 0 Å². The molecule has 2 aromatic carbocycles. The molecule has 0 bridgehead atoms. The topological polar surface area (TPSA) is 112 Å². The first-order valence-corrected chi connectivity index (χ1v) is 14.0. The molecule has 42 heavy (non-hydrogen) atoms. The molecule has 1 aliphatic rings. The molecule has 0 saturated carbocycles. The summed E-state index contributed by atoms with van der Waals surface area (Å²) < 4.78 is 28.5. The number of ether oxygens (including phenoxy) is 2. The first-order valence-electron chi connectivity index (χ1n) is 14.0. The fourth-order valence-electron chi connectivity index (χ4n) is 4.84. The summed E-state index contributed by atoms with van der Waals surface area (Å²) in [6.07, 6.45) is -0.985. The third kappa shape index (κ3) is 7.20. The average Bonchev–Trinajstić information content (AvgIpc) is 3.34. The fraction of sp³-hybridized carbons (Fsp3) is 0.452. The number of aromatic amines is 1. The van der Waals surface area contributed by atoms with Crippen molar-refractivity contribution < 1.29 is 28.0 Å². The molecule has 3 aromatic rings. The minimum Gasteiger partial charge on any atom is -0.484 e. The van der Waals surface area contributed by atoms with Crippen LogP contribution in [0, 0.1) is 26.6 Å². The van der Waals surface area contributed by atoms with Crippen LogP contribution < -0.4 is 10.1 Å². The Hall–Kier alpha value is -4.12. The Morgan fingerprint density at radius 1 is 1.14 bits per heavy atom. The number of benzene rings is 2. The zero-order valence-electron chi connectivity index (χ0n) is 25.6. The Morgan fingerprint density at radius 2 is 1.88 bits per heavy atom. The van der Waals surface area contributed by atoms with Crippen LogP contribution in [0.25, 0.3) is 11.4 Å². The molecule has 0 spiro atoms. The lowest BCUT2D eigenvalue weighted by atomic mass is 10.0. The van der Waals surface area contributed by atoms with Crippen LogP contribution in [0.5, 0.6) is 5.75 Å². The summed E-state index contributed by atoms with van der Waals surface area (Å²) in [6, 6.07) is 8.55. The van der Waals surface area contributed by atoms with Crippen molar-refractivity contribution in [1.82, 2.24) is 25.4 Å². The number of aromatic nitrogens is 3. The second-order valence-corrected chi connectivity index (χ2v) is 11.7. The first-order chi connectivity index (χ1) is 19.8. The van der Waals surface area contributed by atoms with Crippen LogP contribution >= 0.6 is 0 Å². The number of halogens is 1. The second kappa shape index (κ2) is 12.4. The lowest BCUT2D eigenvalue weighted by Crippen LogP contribution is -2.48. The molecule has 1 aliphatic heterocycles. The molecule has 10 nitrogen and oxygen atoms in total. The number of nitrogens with one attached hydrogen (secondary N) is 2. The second-order valence-electron chi connectivity index (χ2n) is 11.7. The molecule has 0 radical (unpaired) electrons. The van der Waals surface area contributed by atoms with Crippen molar-refractivity contribution in [3.63, 3.8) is 0 Å². The third-order valence-corrected chi connectivity index (χ3v) is 7.06. The summed E-state index contributed by atoms with van der Waals surface area (Å²) in [6.45, 7) is 14.7. The van der Waals surface area contributed by atoms with Crippen molar-refractivity contribution in [2.45, 2.75) is 60.2 Å². The summed E-state index contributed by atoms with van der Waals surface area (Å²) >= 11 is 0. The van der Waals surface area contributed by atoms with Crippen LogP contribution in [0.3, 0.4) is 0 Å². The van der Waals surface area contributed by atoms with Gasteiger partial charge in [0.15, 0.2) is 18.1 Å². The maximum absolute atomic E-state index is 14.8. The smallest absolute Gasteiger partial charge is 0.484 e. The third-order valence-electron chi connectivity index (χ3n) is 7.06. The molecule has 224 valence electrons. The minimum atomic E-state index is -0.611. The Balaban J connectivity index is 1.68. The van der Waals surface area contributed by atoms with Crippen molar-refractivity contribution >= 4 is 17.7 Å². The quantitative estimate of drug-likeness (QED) is 0.389. The van der Waals surface area contributed by atoms with E-state index in [0.29, 0.717) is 65.8 Å². The van der Waals surface area contributed by atoms with Gasteiger partial charge < -0.3 is 14.8 Å². The molecule has 0 unspecified atom stereocenters. The van der Waals surface area contributed by atoms with Crippen LogP contribution in [0.2, 0.25) is 0 Å². The SMILES string of the molecule is CNC(=O)c1cc(-c2n[nH]c(C)n2)c(C)cc1O[C@H](CN1CC[N+](C(=O)OC(C)(C)C)=C(C)C1)c1ccc(C)c(F)c1. The van der Waals surface area contributed by atoms with E-state index < -0.39 is 11.7 Å².